The van der Waals surface area contributed by atoms with Crippen molar-refractivity contribution in [2.75, 3.05) is 23.3 Å². The summed E-state index contributed by atoms with van der Waals surface area (Å²) >= 11 is 0. The summed E-state index contributed by atoms with van der Waals surface area (Å²) in [6.45, 7) is 5.22. The van der Waals surface area contributed by atoms with Crippen LogP contribution in [0.25, 0.3) is 11.0 Å². The molecule has 0 aliphatic carbocycles. The van der Waals surface area contributed by atoms with Gasteiger partial charge in [-0.15, -0.1) is 0 Å². The van der Waals surface area contributed by atoms with E-state index in [1.807, 2.05) is 18.7 Å². The van der Waals surface area contributed by atoms with Gasteiger partial charge in [0.2, 0.25) is 5.95 Å². The molecule has 0 saturated carbocycles. The van der Waals surface area contributed by atoms with E-state index in [1.165, 1.54) is 24.3 Å². The Bertz CT molecular complexity index is 1030. The Kier molecular flexibility index (Phi) is 5.67. The first-order valence-corrected chi connectivity index (χ1v) is 9.19. The second-order valence-electron chi connectivity index (χ2n) is 6.53. The standard InChI is InChI=1S/C20H21F3N4O2/c1-3-9-27(4-2)17-11-16-15(10-12(17)18(28)29)25-19(26-16)24-14-8-6-5-7-13(14)20(21,22)23/h5-8,10-11H,3-4,9H2,1-2H3,(H,28,29)(H2,24,25,26). The minimum absolute atomic E-state index is 0.101. The molecule has 0 bridgehead atoms. The van der Waals surface area contributed by atoms with Gasteiger partial charge in [-0.1, -0.05) is 19.1 Å². The molecule has 154 valence electrons. The summed E-state index contributed by atoms with van der Waals surface area (Å²) in [6.07, 6.45) is -3.67. The number of fused-ring (bicyclic) bond motifs is 1. The number of anilines is 3. The number of carboxylic acid groups (broad SMARTS) is 1. The van der Waals surface area contributed by atoms with Gasteiger partial charge in [-0.2, -0.15) is 13.2 Å². The molecule has 0 unspecified atom stereocenters. The molecule has 1 aromatic heterocycles. The number of alkyl halides is 3. The van der Waals surface area contributed by atoms with Gasteiger partial charge in [0, 0.05) is 13.1 Å². The lowest BCUT2D eigenvalue weighted by atomic mass is 10.1. The molecule has 0 aliphatic heterocycles. The zero-order valence-corrected chi connectivity index (χ0v) is 16.0. The number of hydrogen-bond acceptors (Lipinski definition) is 4. The van der Waals surface area contributed by atoms with E-state index in [9.17, 15) is 23.1 Å². The average Bonchev–Trinajstić information content (AvgIpc) is 3.05. The minimum atomic E-state index is -4.51. The van der Waals surface area contributed by atoms with Crippen LogP contribution in [0.4, 0.5) is 30.5 Å². The van der Waals surface area contributed by atoms with Crippen molar-refractivity contribution < 1.29 is 23.1 Å². The summed E-state index contributed by atoms with van der Waals surface area (Å²) in [5, 5.41) is 12.3. The molecular formula is C20H21F3N4O2. The SMILES string of the molecule is CCCN(CC)c1cc2nc(Nc3ccccc3C(F)(F)F)[nH]c2cc1C(=O)O. The zero-order valence-electron chi connectivity index (χ0n) is 16.0. The normalized spacial score (nSPS) is 11.6. The predicted octanol–water partition coefficient (Wildman–Crippen LogP) is 5.26. The largest absolute Gasteiger partial charge is 0.478 e. The van der Waals surface area contributed by atoms with Gasteiger partial charge in [-0.3, -0.25) is 0 Å². The van der Waals surface area contributed by atoms with E-state index >= 15 is 0 Å². The molecule has 0 aliphatic rings. The first kappa shape index (κ1) is 20.5. The lowest BCUT2D eigenvalue weighted by molar-refractivity contribution is -0.136. The molecule has 0 saturated heterocycles. The fourth-order valence-corrected chi connectivity index (χ4v) is 3.22. The Morgan fingerprint density at radius 2 is 1.97 bits per heavy atom. The highest BCUT2D eigenvalue weighted by atomic mass is 19.4. The zero-order chi connectivity index (χ0) is 21.2. The van der Waals surface area contributed by atoms with Crippen molar-refractivity contribution in [3.63, 3.8) is 0 Å². The third-order valence-electron chi connectivity index (χ3n) is 4.53. The molecule has 3 rings (SSSR count). The van der Waals surface area contributed by atoms with E-state index in [-0.39, 0.29) is 17.2 Å². The molecule has 6 nitrogen and oxygen atoms in total. The molecular weight excluding hydrogens is 385 g/mol. The number of nitrogens with zero attached hydrogens (tertiary/aromatic N) is 2. The van der Waals surface area contributed by atoms with Crippen LogP contribution in [0.3, 0.4) is 0 Å². The molecule has 3 aromatic rings. The van der Waals surface area contributed by atoms with Crippen LogP contribution in [0, 0.1) is 0 Å². The van der Waals surface area contributed by atoms with Gasteiger partial charge in [0.1, 0.15) is 0 Å². The van der Waals surface area contributed by atoms with E-state index in [0.29, 0.717) is 29.8 Å². The second kappa shape index (κ2) is 8.02. The fourth-order valence-electron chi connectivity index (χ4n) is 3.22. The Hall–Kier alpha value is -3.23. The summed E-state index contributed by atoms with van der Waals surface area (Å²) in [7, 11) is 0. The van der Waals surface area contributed by atoms with Crippen LogP contribution in [-0.4, -0.2) is 34.1 Å². The highest BCUT2D eigenvalue weighted by molar-refractivity contribution is 6.00. The topological polar surface area (TPSA) is 81.2 Å². The molecule has 0 radical (unpaired) electrons. The van der Waals surface area contributed by atoms with Gasteiger partial charge in [0.05, 0.1) is 33.5 Å². The van der Waals surface area contributed by atoms with Crippen LogP contribution in [0.1, 0.15) is 36.2 Å². The van der Waals surface area contributed by atoms with Gasteiger partial charge in [-0.05, 0) is 37.6 Å². The number of nitrogens with one attached hydrogen (secondary N) is 2. The number of benzene rings is 2. The van der Waals surface area contributed by atoms with Gasteiger partial charge in [0.15, 0.2) is 0 Å². The van der Waals surface area contributed by atoms with Gasteiger partial charge < -0.3 is 20.3 Å². The number of carboxylic acids is 1. The van der Waals surface area contributed by atoms with Crippen LogP contribution >= 0.6 is 0 Å². The number of para-hydroxylation sites is 1. The monoisotopic (exact) mass is 406 g/mol. The maximum absolute atomic E-state index is 13.2. The molecule has 3 N–H and O–H groups in total. The smallest absolute Gasteiger partial charge is 0.418 e. The molecule has 0 spiro atoms. The van der Waals surface area contributed by atoms with Crippen molar-refractivity contribution in [1.82, 2.24) is 9.97 Å². The van der Waals surface area contributed by atoms with Gasteiger partial charge in [-0.25, -0.2) is 9.78 Å². The van der Waals surface area contributed by atoms with Crippen LogP contribution in [0.2, 0.25) is 0 Å². The highest BCUT2D eigenvalue weighted by Gasteiger charge is 2.33. The van der Waals surface area contributed by atoms with Gasteiger partial charge in [0.25, 0.3) is 0 Å². The highest BCUT2D eigenvalue weighted by Crippen LogP contribution is 2.36. The third kappa shape index (κ3) is 4.28. The molecule has 2 aromatic carbocycles. The number of imidazole rings is 1. The molecule has 0 atom stereocenters. The summed E-state index contributed by atoms with van der Waals surface area (Å²) in [4.78, 5) is 20.9. The number of aromatic nitrogens is 2. The molecule has 1 heterocycles. The number of hydrogen-bond donors (Lipinski definition) is 3. The van der Waals surface area contributed by atoms with Gasteiger partial charge >= 0.3 is 12.1 Å². The molecule has 9 heteroatoms. The Morgan fingerprint density at radius 3 is 2.59 bits per heavy atom. The van der Waals surface area contributed by atoms with E-state index in [0.717, 1.165) is 12.5 Å². The Morgan fingerprint density at radius 1 is 1.24 bits per heavy atom. The quantitative estimate of drug-likeness (QED) is 0.499. The van der Waals surface area contributed by atoms with Crippen LogP contribution in [0.5, 0.6) is 0 Å². The molecule has 29 heavy (non-hydrogen) atoms. The van der Waals surface area contributed by atoms with Crippen LogP contribution in [0.15, 0.2) is 36.4 Å². The fraction of sp³-hybridized carbons (Fsp3) is 0.300. The maximum Gasteiger partial charge on any atom is 0.418 e. The average molecular weight is 406 g/mol. The summed E-state index contributed by atoms with van der Waals surface area (Å²) in [6, 6.07) is 8.20. The number of rotatable bonds is 7. The maximum atomic E-state index is 13.2. The first-order chi connectivity index (χ1) is 13.7. The first-order valence-electron chi connectivity index (χ1n) is 9.19. The molecule has 0 amide bonds. The van der Waals surface area contributed by atoms with E-state index < -0.39 is 17.7 Å². The number of halogens is 3. The summed E-state index contributed by atoms with van der Waals surface area (Å²) in [5.74, 6) is -0.980. The predicted molar refractivity (Wildman–Crippen MR) is 106 cm³/mol. The lowest BCUT2D eigenvalue weighted by Gasteiger charge is -2.24. The van der Waals surface area contributed by atoms with Crippen molar-refractivity contribution in [2.24, 2.45) is 0 Å². The number of carbonyl (C=O) groups is 1. The number of H-pyrrole nitrogens is 1. The van der Waals surface area contributed by atoms with E-state index in [2.05, 4.69) is 15.3 Å². The van der Waals surface area contributed by atoms with E-state index in [4.69, 9.17) is 0 Å². The summed E-state index contributed by atoms with van der Waals surface area (Å²) < 4.78 is 39.6. The van der Waals surface area contributed by atoms with Crippen LogP contribution in [-0.2, 0) is 6.18 Å². The Balaban J connectivity index is 2.04. The van der Waals surface area contributed by atoms with Crippen molar-refractivity contribution >= 4 is 34.3 Å². The second-order valence-corrected chi connectivity index (χ2v) is 6.53. The number of aromatic carboxylic acids is 1. The lowest BCUT2D eigenvalue weighted by Crippen LogP contribution is -2.25. The van der Waals surface area contributed by atoms with E-state index in [1.54, 1.807) is 6.07 Å². The van der Waals surface area contributed by atoms with Crippen molar-refractivity contribution in [2.45, 2.75) is 26.4 Å². The third-order valence-corrected chi connectivity index (χ3v) is 4.53. The number of aromatic amines is 1. The van der Waals surface area contributed by atoms with Crippen molar-refractivity contribution in [3.05, 3.63) is 47.5 Å². The Labute approximate surface area is 165 Å². The minimum Gasteiger partial charge on any atom is -0.478 e. The summed E-state index contributed by atoms with van der Waals surface area (Å²) in [5.41, 5.74) is 0.574. The van der Waals surface area contributed by atoms with Crippen molar-refractivity contribution in [3.8, 4) is 0 Å². The molecule has 0 fully saturated rings. The van der Waals surface area contributed by atoms with Crippen molar-refractivity contribution in [1.29, 1.82) is 0 Å². The van der Waals surface area contributed by atoms with Crippen LogP contribution < -0.4 is 10.2 Å².